The van der Waals surface area contributed by atoms with Crippen molar-refractivity contribution in [3.8, 4) is 0 Å². The average molecular weight is 464 g/mol. The van der Waals surface area contributed by atoms with E-state index in [4.69, 9.17) is 0 Å². The molecule has 2 N–H and O–H groups in total. The van der Waals surface area contributed by atoms with Crippen molar-refractivity contribution >= 4 is 43.4 Å². The third kappa shape index (κ3) is 5.70. The third-order valence-electron chi connectivity index (χ3n) is 3.59. The zero-order chi connectivity index (χ0) is 22.0. The predicted molar refractivity (Wildman–Crippen MR) is 101 cm³/mol. The van der Waals surface area contributed by atoms with Crippen LogP contribution >= 0.6 is 11.8 Å². The van der Waals surface area contributed by atoms with E-state index >= 15 is 0 Å². The number of benzene rings is 2. The van der Waals surface area contributed by atoms with Gasteiger partial charge in [-0.1, -0.05) is 0 Å². The Morgan fingerprint density at radius 3 is 1.38 bits per heavy atom. The highest BCUT2D eigenvalue weighted by atomic mass is 32.2. The molecule has 0 radical (unpaired) electrons. The second-order valence-electron chi connectivity index (χ2n) is 5.54. The Morgan fingerprint density at radius 2 is 1.10 bits per heavy atom. The molecule has 0 fully saturated rings. The van der Waals surface area contributed by atoms with Gasteiger partial charge in [-0.05, 0) is 23.3 Å². The highest BCUT2D eigenvalue weighted by molar-refractivity contribution is 7.97. The quantitative estimate of drug-likeness (QED) is 0.331. The lowest BCUT2D eigenvalue weighted by Gasteiger charge is -2.09. The van der Waals surface area contributed by atoms with Gasteiger partial charge in [0.15, 0.2) is 0 Å². The minimum atomic E-state index is -4.76. The van der Waals surface area contributed by atoms with Crippen LogP contribution in [0.5, 0.6) is 0 Å². The van der Waals surface area contributed by atoms with Crippen LogP contribution in [0.25, 0.3) is 0 Å². The summed E-state index contributed by atoms with van der Waals surface area (Å²) in [6.07, 6.45) is 0. The van der Waals surface area contributed by atoms with Crippen molar-refractivity contribution in [2.24, 2.45) is 0 Å². The number of thioether (sulfide) groups is 1. The fourth-order valence-electron chi connectivity index (χ4n) is 2.30. The minimum Gasteiger partial charge on any atom is -0.282 e. The molecule has 12 nitrogen and oxygen atoms in total. The van der Waals surface area contributed by atoms with Crippen LogP contribution in [0.1, 0.15) is 11.1 Å². The van der Waals surface area contributed by atoms with E-state index in [-0.39, 0.29) is 22.6 Å². The van der Waals surface area contributed by atoms with E-state index < -0.39 is 51.2 Å². The molecule has 0 saturated carbocycles. The lowest BCUT2D eigenvalue weighted by molar-refractivity contribution is -0.385. The normalized spacial score (nSPS) is 11.9. The van der Waals surface area contributed by atoms with Crippen molar-refractivity contribution in [1.82, 2.24) is 0 Å². The molecule has 0 amide bonds. The summed E-state index contributed by atoms with van der Waals surface area (Å²) in [6.45, 7) is 0. The van der Waals surface area contributed by atoms with Crippen LogP contribution in [-0.4, -0.2) is 35.8 Å². The Morgan fingerprint density at radius 1 is 0.759 bits per heavy atom. The summed E-state index contributed by atoms with van der Waals surface area (Å²) in [7, 11) is -9.52. The van der Waals surface area contributed by atoms with Crippen LogP contribution in [0, 0.1) is 20.2 Å². The summed E-state index contributed by atoms with van der Waals surface area (Å²) < 4.78 is 64.6. The van der Waals surface area contributed by atoms with E-state index in [9.17, 15) is 46.2 Å². The van der Waals surface area contributed by atoms with Crippen molar-refractivity contribution in [1.29, 1.82) is 0 Å². The van der Waals surface area contributed by atoms with Crippen molar-refractivity contribution in [2.45, 2.75) is 21.3 Å². The first-order chi connectivity index (χ1) is 13.3. The summed E-state index contributed by atoms with van der Waals surface area (Å²) in [6, 6.07) is 5.74. The Balaban J connectivity index is 2.31. The molecule has 0 spiro atoms. The highest BCUT2D eigenvalue weighted by Crippen LogP contribution is 2.30. The fourth-order valence-corrected chi connectivity index (χ4v) is 5.01. The van der Waals surface area contributed by atoms with Gasteiger partial charge < -0.3 is 0 Å². The maximum atomic E-state index is 11.5. The first-order valence-electron chi connectivity index (χ1n) is 7.38. The number of rotatable bonds is 8. The third-order valence-corrected chi connectivity index (χ3v) is 6.50. The lowest BCUT2D eigenvalue weighted by atomic mass is 10.2. The van der Waals surface area contributed by atoms with Crippen LogP contribution in [-0.2, 0) is 31.7 Å². The molecule has 2 rings (SSSR count). The Labute approximate surface area is 168 Å². The molecule has 0 heterocycles. The molecule has 0 unspecified atom stereocenters. The average Bonchev–Trinajstić information content (AvgIpc) is 2.60. The topological polar surface area (TPSA) is 195 Å². The summed E-state index contributed by atoms with van der Waals surface area (Å²) in [5.41, 5.74) is -1.04. The Hall–Kier alpha value is -2.59. The number of nitro benzene ring substituents is 2. The van der Waals surface area contributed by atoms with Gasteiger partial charge in [0.2, 0.25) is 0 Å². The zero-order valence-corrected chi connectivity index (χ0v) is 16.6. The molecule has 0 bridgehead atoms. The SMILES string of the molecule is O=[N+]([O-])c1ccc(CSCc2ccc([N+](=O)[O-])cc2S(=O)(=O)O)c(S(=O)(=O)O)c1. The Kier molecular flexibility index (Phi) is 6.59. The van der Waals surface area contributed by atoms with Gasteiger partial charge in [0.25, 0.3) is 31.6 Å². The van der Waals surface area contributed by atoms with Gasteiger partial charge >= 0.3 is 0 Å². The van der Waals surface area contributed by atoms with Crippen molar-refractivity contribution < 1.29 is 35.8 Å². The second-order valence-corrected chi connectivity index (χ2v) is 9.31. The van der Waals surface area contributed by atoms with Crippen LogP contribution in [0.4, 0.5) is 11.4 Å². The molecule has 0 saturated heterocycles. The smallest absolute Gasteiger partial charge is 0.282 e. The summed E-state index contributed by atoms with van der Waals surface area (Å²) >= 11 is 0.958. The molecular formula is C14H12N2O10S3. The molecule has 29 heavy (non-hydrogen) atoms. The van der Waals surface area contributed by atoms with Gasteiger partial charge in [-0.2, -0.15) is 28.6 Å². The van der Waals surface area contributed by atoms with E-state index in [0.717, 1.165) is 36.0 Å². The van der Waals surface area contributed by atoms with Crippen LogP contribution in [0.3, 0.4) is 0 Å². The molecule has 0 aliphatic carbocycles. The lowest BCUT2D eigenvalue weighted by Crippen LogP contribution is -2.05. The van der Waals surface area contributed by atoms with Crippen LogP contribution < -0.4 is 0 Å². The molecule has 15 heteroatoms. The van der Waals surface area contributed by atoms with E-state index in [1.165, 1.54) is 0 Å². The number of nitro groups is 2. The van der Waals surface area contributed by atoms with Crippen molar-refractivity contribution in [2.75, 3.05) is 0 Å². The Bertz CT molecular complexity index is 1100. The molecule has 0 aliphatic rings. The van der Waals surface area contributed by atoms with Gasteiger partial charge in [-0.3, -0.25) is 29.3 Å². The second kappa shape index (κ2) is 8.42. The largest absolute Gasteiger partial charge is 0.295 e. The standard InChI is InChI=1S/C14H12N2O10S3/c17-15(18)11-3-1-9(13(5-11)28(21,22)23)7-27-8-10-2-4-12(16(19)20)6-14(10)29(24,25)26/h1-6H,7-8H2,(H,21,22,23)(H,24,25,26). The van der Waals surface area contributed by atoms with E-state index in [2.05, 4.69) is 0 Å². The number of hydrogen-bond donors (Lipinski definition) is 2. The van der Waals surface area contributed by atoms with Crippen LogP contribution in [0.2, 0.25) is 0 Å². The molecular weight excluding hydrogens is 452 g/mol. The van der Waals surface area contributed by atoms with Gasteiger partial charge in [0.05, 0.1) is 9.85 Å². The van der Waals surface area contributed by atoms with Crippen molar-refractivity contribution in [3.05, 3.63) is 67.8 Å². The van der Waals surface area contributed by atoms with Gasteiger partial charge in [-0.15, -0.1) is 0 Å². The fraction of sp³-hybridized carbons (Fsp3) is 0.143. The minimum absolute atomic E-state index is 0.0263. The van der Waals surface area contributed by atoms with Gasteiger partial charge in [0.1, 0.15) is 9.79 Å². The molecule has 2 aromatic rings. The van der Waals surface area contributed by atoms with Crippen molar-refractivity contribution in [3.63, 3.8) is 0 Å². The molecule has 156 valence electrons. The molecule has 0 aromatic heterocycles. The summed E-state index contributed by atoms with van der Waals surface area (Å²) in [5, 5.41) is 21.6. The maximum absolute atomic E-state index is 11.5. The summed E-state index contributed by atoms with van der Waals surface area (Å²) in [5.74, 6) is -0.204. The summed E-state index contributed by atoms with van der Waals surface area (Å²) in [4.78, 5) is 18.6. The van der Waals surface area contributed by atoms with Gasteiger partial charge in [0, 0.05) is 35.8 Å². The number of non-ortho nitro benzene ring substituents is 2. The molecule has 0 atom stereocenters. The monoisotopic (exact) mass is 464 g/mol. The first-order valence-corrected chi connectivity index (χ1v) is 11.4. The predicted octanol–water partition coefficient (Wildman–Crippen LogP) is 2.43. The number of hydrogen-bond acceptors (Lipinski definition) is 9. The van der Waals surface area contributed by atoms with Gasteiger partial charge in [-0.25, -0.2) is 0 Å². The maximum Gasteiger partial charge on any atom is 0.295 e. The molecule has 0 aliphatic heterocycles. The highest BCUT2D eigenvalue weighted by Gasteiger charge is 2.22. The van der Waals surface area contributed by atoms with Crippen LogP contribution in [0.15, 0.2) is 46.2 Å². The molecule has 2 aromatic carbocycles. The van der Waals surface area contributed by atoms with E-state index in [1.807, 2.05) is 0 Å². The van der Waals surface area contributed by atoms with E-state index in [1.54, 1.807) is 0 Å². The zero-order valence-electron chi connectivity index (χ0n) is 14.2. The van der Waals surface area contributed by atoms with E-state index in [0.29, 0.717) is 12.1 Å². The number of nitrogens with zero attached hydrogens (tertiary/aromatic N) is 2. The first kappa shape index (κ1) is 22.7.